The summed E-state index contributed by atoms with van der Waals surface area (Å²) in [5.74, 6) is 0.369. The molecule has 2 rings (SSSR count). The molecular formula is C13H18FNO. The van der Waals surface area contributed by atoms with Crippen LogP contribution in [-0.2, 0) is 0 Å². The van der Waals surface area contributed by atoms with Crippen molar-refractivity contribution in [2.24, 2.45) is 5.92 Å². The fourth-order valence-corrected chi connectivity index (χ4v) is 2.34. The van der Waals surface area contributed by atoms with Crippen molar-refractivity contribution in [2.75, 3.05) is 18.0 Å². The van der Waals surface area contributed by atoms with E-state index in [1.54, 1.807) is 19.1 Å². The van der Waals surface area contributed by atoms with Gasteiger partial charge in [0.1, 0.15) is 5.82 Å². The molecule has 1 heterocycles. The molecule has 1 aromatic rings. The summed E-state index contributed by atoms with van der Waals surface area (Å²) in [7, 11) is 0. The van der Waals surface area contributed by atoms with Crippen LogP contribution in [0, 0.1) is 11.7 Å². The van der Waals surface area contributed by atoms with Crippen molar-refractivity contribution in [3.8, 4) is 0 Å². The first kappa shape index (κ1) is 11.4. The van der Waals surface area contributed by atoms with E-state index < -0.39 is 6.10 Å². The highest BCUT2D eigenvalue weighted by molar-refractivity contribution is 5.56. The van der Waals surface area contributed by atoms with E-state index in [9.17, 15) is 9.50 Å². The van der Waals surface area contributed by atoms with Crippen LogP contribution in [-0.4, -0.2) is 18.2 Å². The van der Waals surface area contributed by atoms with E-state index in [0.717, 1.165) is 19.5 Å². The van der Waals surface area contributed by atoms with E-state index >= 15 is 0 Å². The third-order valence-electron chi connectivity index (χ3n) is 3.21. The number of benzene rings is 1. The Morgan fingerprint density at radius 2 is 2.25 bits per heavy atom. The Bertz CT molecular complexity index is 378. The van der Waals surface area contributed by atoms with Crippen molar-refractivity contribution in [1.82, 2.24) is 0 Å². The Morgan fingerprint density at radius 3 is 2.81 bits per heavy atom. The molecule has 0 aromatic heterocycles. The van der Waals surface area contributed by atoms with Crippen LogP contribution in [0.5, 0.6) is 0 Å². The lowest BCUT2D eigenvalue weighted by atomic mass is 10.1. The summed E-state index contributed by atoms with van der Waals surface area (Å²) in [6.07, 6.45) is 0.467. The lowest BCUT2D eigenvalue weighted by molar-refractivity contribution is 0.199. The van der Waals surface area contributed by atoms with Gasteiger partial charge in [0.2, 0.25) is 0 Å². The number of anilines is 1. The highest BCUT2D eigenvalue weighted by atomic mass is 19.1. The molecule has 1 aliphatic heterocycles. The van der Waals surface area contributed by atoms with E-state index in [1.807, 2.05) is 4.90 Å². The van der Waals surface area contributed by atoms with Crippen LogP contribution in [0.3, 0.4) is 0 Å². The van der Waals surface area contributed by atoms with E-state index in [4.69, 9.17) is 0 Å². The number of hydrogen-bond donors (Lipinski definition) is 1. The third kappa shape index (κ3) is 2.05. The number of aliphatic hydroxyl groups excluding tert-OH is 1. The molecule has 1 aromatic carbocycles. The van der Waals surface area contributed by atoms with Gasteiger partial charge in [0, 0.05) is 18.7 Å². The highest BCUT2D eigenvalue weighted by Gasteiger charge is 2.24. The minimum absolute atomic E-state index is 0.229. The number of aliphatic hydroxyl groups is 1. The van der Waals surface area contributed by atoms with Crippen molar-refractivity contribution >= 4 is 5.69 Å². The predicted molar refractivity (Wildman–Crippen MR) is 63.0 cm³/mol. The summed E-state index contributed by atoms with van der Waals surface area (Å²) >= 11 is 0. The molecule has 1 N–H and O–H groups in total. The largest absolute Gasteiger partial charge is 0.389 e. The molecule has 1 aliphatic rings. The summed E-state index contributed by atoms with van der Waals surface area (Å²) in [6, 6.07) is 4.91. The molecule has 1 saturated heterocycles. The molecule has 0 amide bonds. The molecule has 0 spiro atoms. The second kappa shape index (κ2) is 4.42. The highest BCUT2D eigenvalue weighted by Crippen LogP contribution is 2.32. The van der Waals surface area contributed by atoms with Crippen LogP contribution in [0.25, 0.3) is 0 Å². The maximum Gasteiger partial charge on any atom is 0.146 e. The second-order valence-electron chi connectivity index (χ2n) is 4.69. The number of hydrogen-bond acceptors (Lipinski definition) is 2. The molecule has 2 nitrogen and oxygen atoms in total. The van der Waals surface area contributed by atoms with Crippen LogP contribution < -0.4 is 4.90 Å². The van der Waals surface area contributed by atoms with E-state index in [1.165, 1.54) is 6.07 Å². The third-order valence-corrected chi connectivity index (χ3v) is 3.21. The summed E-state index contributed by atoms with van der Waals surface area (Å²) in [4.78, 5) is 2.04. The first-order valence-corrected chi connectivity index (χ1v) is 5.81. The van der Waals surface area contributed by atoms with Crippen LogP contribution >= 0.6 is 0 Å². The second-order valence-corrected chi connectivity index (χ2v) is 4.69. The first-order valence-electron chi connectivity index (χ1n) is 5.81. The van der Waals surface area contributed by atoms with Crippen molar-refractivity contribution in [2.45, 2.75) is 26.4 Å². The van der Waals surface area contributed by atoms with E-state index in [2.05, 4.69) is 6.92 Å². The van der Waals surface area contributed by atoms with Gasteiger partial charge in [-0.25, -0.2) is 4.39 Å². The smallest absolute Gasteiger partial charge is 0.146 e. The Balaban J connectivity index is 2.38. The van der Waals surface area contributed by atoms with E-state index in [-0.39, 0.29) is 5.82 Å². The zero-order valence-electron chi connectivity index (χ0n) is 9.78. The molecule has 0 bridgehead atoms. The molecule has 1 fully saturated rings. The Kier molecular flexibility index (Phi) is 3.15. The summed E-state index contributed by atoms with van der Waals surface area (Å²) in [5, 5.41) is 9.66. The molecule has 0 saturated carbocycles. The molecule has 0 radical (unpaired) electrons. The van der Waals surface area contributed by atoms with Crippen LogP contribution in [0.1, 0.15) is 31.9 Å². The quantitative estimate of drug-likeness (QED) is 0.833. The minimum atomic E-state index is -0.624. The molecule has 2 atom stereocenters. The zero-order chi connectivity index (χ0) is 11.7. The standard InChI is InChI=1S/C13H18FNO/c1-9-6-7-15(8-9)13-11(10(2)16)4-3-5-12(13)14/h3-5,9-10,16H,6-8H2,1-2H3/t9?,10-/m1/s1. The van der Waals surface area contributed by atoms with Crippen molar-refractivity contribution in [3.05, 3.63) is 29.6 Å². The van der Waals surface area contributed by atoms with Gasteiger partial charge in [0.05, 0.1) is 11.8 Å². The van der Waals surface area contributed by atoms with Gasteiger partial charge in [-0.3, -0.25) is 0 Å². The normalized spacial score (nSPS) is 22.5. The Morgan fingerprint density at radius 1 is 1.50 bits per heavy atom. The lowest BCUT2D eigenvalue weighted by Crippen LogP contribution is -2.22. The maximum absolute atomic E-state index is 13.8. The Labute approximate surface area is 95.7 Å². The fraction of sp³-hybridized carbons (Fsp3) is 0.538. The van der Waals surface area contributed by atoms with Gasteiger partial charge in [0.25, 0.3) is 0 Å². The van der Waals surface area contributed by atoms with E-state index in [0.29, 0.717) is 17.2 Å². The van der Waals surface area contributed by atoms with Crippen LogP contribution in [0.2, 0.25) is 0 Å². The average molecular weight is 223 g/mol. The van der Waals surface area contributed by atoms with Gasteiger partial charge >= 0.3 is 0 Å². The van der Waals surface area contributed by atoms with Gasteiger partial charge in [-0.15, -0.1) is 0 Å². The van der Waals surface area contributed by atoms with Gasteiger partial charge < -0.3 is 10.0 Å². The van der Waals surface area contributed by atoms with Gasteiger partial charge in [-0.2, -0.15) is 0 Å². The molecule has 1 unspecified atom stereocenters. The Hall–Kier alpha value is -1.09. The summed E-state index contributed by atoms with van der Waals surface area (Å²) in [5.41, 5.74) is 1.27. The fourth-order valence-electron chi connectivity index (χ4n) is 2.34. The average Bonchev–Trinajstić information content (AvgIpc) is 2.64. The van der Waals surface area contributed by atoms with Gasteiger partial charge in [-0.1, -0.05) is 19.1 Å². The maximum atomic E-state index is 13.8. The van der Waals surface area contributed by atoms with Crippen LogP contribution in [0.15, 0.2) is 18.2 Å². The van der Waals surface area contributed by atoms with Crippen LogP contribution in [0.4, 0.5) is 10.1 Å². The SMILES string of the molecule is CC1CCN(c2c(F)cccc2[C@@H](C)O)C1. The van der Waals surface area contributed by atoms with Crippen molar-refractivity contribution in [1.29, 1.82) is 0 Å². The van der Waals surface area contributed by atoms with Gasteiger partial charge in [-0.05, 0) is 25.3 Å². The molecule has 88 valence electrons. The minimum Gasteiger partial charge on any atom is -0.389 e. The molecular weight excluding hydrogens is 205 g/mol. The summed E-state index contributed by atoms with van der Waals surface area (Å²) < 4.78 is 13.8. The van der Waals surface area contributed by atoms with Crippen molar-refractivity contribution in [3.63, 3.8) is 0 Å². The molecule has 0 aliphatic carbocycles. The molecule has 16 heavy (non-hydrogen) atoms. The lowest BCUT2D eigenvalue weighted by Gasteiger charge is -2.23. The van der Waals surface area contributed by atoms with Crippen molar-refractivity contribution < 1.29 is 9.50 Å². The number of nitrogens with zero attached hydrogens (tertiary/aromatic N) is 1. The first-order chi connectivity index (χ1) is 7.59. The monoisotopic (exact) mass is 223 g/mol. The van der Waals surface area contributed by atoms with Gasteiger partial charge in [0.15, 0.2) is 0 Å². The zero-order valence-corrected chi connectivity index (χ0v) is 9.78. The topological polar surface area (TPSA) is 23.5 Å². The number of rotatable bonds is 2. The number of halogens is 1. The number of para-hydroxylation sites is 1. The predicted octanol–water partition coefficient (Wildman–Crippen LogP) is 2.73. The summed E-state index contributed by atoms with van der Waals surface area (Å²) in [6.45, 7) is 5.60. The molecule has 3 heteroatoms.